The van der Waals surface area contributed by atoms with E-state index >= 15 is 0 Å². The van der Waals surface area contributed by atoms with Gasteiger partial charge in [0.1, 0.15) is 5.75 Å². The van der Waals surface area contributed by atoms with Crippen LogP contribution in [0.4, 0.5) is 0 Å². The first-order valence-corrected chi connectivity index (χ1v) is 5.85. The summed E-state index contributed by atoms with van der Waals surface area (Å²) in [7, 11) is 0. The molecule has 0 atom stereocenters. The standard InChI is InChI=1S/C14H20O3/c1-11-7-4-5-8-12(11)17-10-6-9-14(2,3)13(15)16/h4-5,7-8H,6,9-10H2,1-3H3,(H,15,16). The van der Waals surface area contributed by atoms with Crippen LogP contribution in [-0.4, -0.2) is 17.7 Å². The van der Waals surface area contributed by atoms with E-state index in [1.54, 1.807) is 13.8 Å². The predicted molar refractivity (Wildman–Crippen MR) is 67.3 cm³/mol. The zero-order chi connectivity index (χ0) is 12.9. The molecule has 0 aromatic heterocycles. The normalized spacial score (nSPS) is 11.2. The van der Waals surface area contributed by atoms with Gasteiger partial charge in [0, 0.05) is 0 Å². The minimum absolute atomic E-state index is 0.557. The van der Waals surface area contributed by atoms with E-state index in [2.05, 4.69) is 0 Å². The first kappa shape index (κ1) is 13.6. The predicted octanol–water partition coefficient (Wildman–Crippen LogP) is 3.26. The molecule has 0 aliphatic rings. The second kappa shape index (κ2) is 5.71. The van der Waals surface area contributed by atoms with Gasteiger partial charge in [0.25, 0.3) is 0 Å². The summed E-state index contributed by atoms with van der Waals surface area (Å²) >= 11 is 0. The highest BCUT2D eigenvalue weighted by atomic mass is 16.5. The summed E-state index contributed by atoms with van der Waals surface area (Å²) in [4.78, 5) is 10.9. The summed E-state index contributed by atoms with van der Waals surface area (Å²) in [6.07, 6.45) is 1.36. The van der Waals surface area contributed by atoms with Crippen molar-refractivity contribution in [3.63, 3.8) is 0 Å². The Balaban J connectivity index is 2.35. The largest absolute Gasteiger partial charge is 0.493 e. The number of ether oxygens (including phenoxy) is 1. The maximum atomic E-state index is 10.9. The van der Waals surface area contributed by atoms with Crippen molar-refractivity contribution >= 4 is 5.97 Å². The lowest BCUT2D eigenvalue weighted by Crippen LogP contribution is -2.24. The van der Waals surface area contributed by atoms with Gasteiger partial charge < -0.3 is 9.84 Å². The van der Waals surface area contributed by atoms with Crippen molar-refractivity contribution < 1.29 is 14.6 Å². The van der Waals surface area contributed by atoms with Gasteiger partial charge in [-0.15, -0.1) is 0 Å². The summed E-state index contributed by atoms with van der Waals surface area (Å²) in [5, 5.41) is 8.96. The summed E-state index contributed by atoms with van der Waals surface area (Å²) in [5.41, 5.74) is 0.430. The second-order valence-corrected chi connectivity index (χ2v) is 4.91. The van der Waals surface area contributed by atoms with Crippen LogP contribution in [0.2, 0.25) is 0 Å². The van der Waals surface area contributed by atoms with Gasteiger partial charge in [-0.1, -0.05) is 18.2 Å². The molecule has 94 valence electrons. The van der Waals surface area contributed by atoms with E-state index in [-0.39, 0.29) is 0 Å². The Morgan fingerprint density at radius 1 is 1.35 bits per heavy atom. The SMILES string of the molecule is Cc1ccccc1OCCCC(C)(C)C(=O)O. The smallest absolute Gasteiger partial charge is 0.309 e. The Bertz CT molecular complexity index is 383. The maximum Gasteiger partial charge on any atom is 0.309 e. The molecule has 1 aromatic rings. The molecule has 0 spiro atoms. The van der Waals surface area contributed by atoms with Gasteiger partial charge >= 0.3 is 5.97 Å². The van der Waals surface area contributed by atoms with Crippen LogP contribution >= 0.6 is 0 Å². The molecule has 3 nitrogen and oxygen atoms in total. The molecule has 0 aliphatic heterocycles. The van der Waals surface area contributed by atoms with Crippen LogP contribution < -0.4 is 4.74 Å². The van der Waals surface area contributed by atoms with Gasteiger partial charge in [-0.25, -0.2) is 0 Å². The molecule has 1 N–H and O–H groups in total. The highest BCUT2D eigenvalue weighted by Gasteiger charge is 2.26. The van der Waals surface area contributed by atoms with Crippen LogP contribution in [0.1, 0.15) is 32.3 Å². The van der Waals surface area contributed by atoms with E-state index in [1.807, 2.05) is 31.2 Å². The Labute approximate surface area is 102 Å². The van der Waals surface area contributed by atoms with E-state index in [0.29, 0.717) is 13.0 Å². The highest BCUT2D eigenvalue weighted by Crippen LogP contribution is 2.23. The Morgan fingerprint density at radius 3 is 2.59 bits per heavy atom. The van der Waals surface area contributed by atoms with Gasteiger partial charge in [0.05, 0.1) is 12.0 Å². The number of benzene rings is 1. The third kappa shape index (κ3) is 4.10. The van der Waals surface area contributed by atoms with E-state index < -0.39 is 11.4 Å². The third-order valence-electron chi connectivity index (χ3n) is 2.88. The number of para-hydroxylation sites is 1. The lowest BCUT2D eigenvalue weighted by atomic mass is 9.88. The van der Waals surface area contributed by atoms with Gasteiger partial charge in [0.15, 0.2) is 0 Å². The molecule has 0 amide bonds. The van der Waals surface area contributed by atoms with Crippen LogP contribution in [0.3, 0.4) is 0 Å². The summed E-state index contributed by atoms with van der Waals surface area (Å²) < 4.78 is 5.62. The van der Waals surface area contributed by atoms with E-state index in [0.717, 1.165) is 17.7 Å². The molecule has 0 saturated heterocycles. The van der Waals surface area contributed by atoms with Crippen molar-refractivity contribution in [3.05, 3.63) is 29.8 Å². The molecule has 0 bridgehead atoms. The van der Waals surface area contributed by atoms with Crippen molar-refractivity contribution in [1.29, 1.82) is 0 Å². The molecule has 0 radical (unpaired) electrons. The fourth-order valence-electron chi connectivity index (χ4n) is 1.52. The molecule has 0 saturated carbocycles. The highest BCUT2D eigenvalue weighted by molar-refractivity contribution is 5.73. The zero-order valence-electron chi connectivity index (χ0n) is 10.7. The molecule has 0 unspecified atom stereocenters. The number of aliphatic carboxylic acids is 1. The molecule has 0 aliphatic carbocycles. The summed E-state index contributed by atoms with van der Waals surface area (Å²) in [6.45, 7) is 6.03. The molecule has 17 heavy (non-hydrogen) atoms. The third-order valence-corrected chi connectivity index (χ3v) is 2.88. The van der Waals surface area contributed by atoms with Crippen molar-refractivity contribution in [2.24, 2.45) is 5.41 Å². The van der Waals surface area contributed by atoms with Crippen LogP contribution in [0.15, 0.2) is 24.3 Å². The maximum absolute atomic E-state index is 10.9. The van der Waals surface area contributed by atoms with E-state index in [9.17, 15) is 4.79 Å². The van der Waals surface area contributed by atoms with Crippen LogP contribution in [-0.2, 0) is 4.79 Å². The number of hydrogen-bond acceptors (Lipinski definition) is 2. The monoisotopic (exact) mass is 236 g/mol. The fraction of sp³-hybridized carbons (Fsp3) is 0.500. The van der Waals surface area contributed by atoms with Crippen molar-refractivity contribution in [2.45, 2.75) is 33.6 Å². The van der Waals surface area contributed by atoms with E-state index in [1.165, 1.54) is 0 Å². The number of carboxylic acid groups (broad SMARTS) is 1. The van der Waals surface area contributed by atoms with Gasteiger partial charge in [-0.3, -0.25) is 4.79 Å². The quantitative estimate of drug-likeness (QED) is 0.771. The molecular weight excluding hydrogens is 216 g/mol. The van der Waals surface area contributed by atoms with Crippen LogP contribution in [0.25, 0.3) is 0 Å². The van der Waals surface area contributed by atoms with Crippen molar-refractivity contribution in [1.82, 2.24) is 0 Å². The molecule has 1 aromatic carbocycles. The molecule has 3 heteroatoms. The Morgan fingerprint density at radius 2 is 2.00 bits per heavy atom. The van der Waals surface area contributed by atoms with Crippen LogP contribution in [0, 0.1) is 12.3 Å². The van der Waals surface area contributed by atoms with E-state index in [4.69, 9.17) is 9.84 Å². The van der Waals surface area contributed by atoms with Crippen molar-refractivity contribution in [2.75, 3.05) is 6.61 Å². The topological polar surface area (TPSA) is 46.5 Å². The van der Waals surface area contributed by atoms with Crippen LogP contribution in [0.5, 0.6) is 5.75 Å². The second-order valence-electron chi connectivity index (χ2n) is 4.91. The molecule has 0 heterocycles. The summed E-state index contributed by atoms with van der Waals surface area (Å²) in [5.74, 6) is 0.119. The minimum Gasteiger partial charge on any atom is -0.493 e. The number of carbonyl (C=O) groups is 1. The molecular formula is C14H20O3. The van der Waals surface area contributed by atoms with Gasteiger partial charge in [-0.05, 0) is 45.2 Å². The first-order chi connectivity index (χ1) is 7.93. The average Bonchev–Trinajstić information content (AvgIpc) is 2.26. The van der Waals surface area contributed by atoms with Crippen molar-refractivity contribution in [3.8, 4) is 5.75 Å². The molecule has 0 fully saturated rings. The fourth-order valence-corrected chi connectivity index (χ4v) is 1.52. The number of carboxylic acids is 1. The van der Waals surface area contributed by atoms with Gasteiger partial charge in [0.2, 0.25) is 0 Å². The number of hydrogen-bond donors (Lipinski definition) is 1. The van der Waals surface area contributed by atoms with Gasteiger partial charge in [-0.2, -0.15) is 0 Å². The Kier molecular flexibility index (Phi) is 4.55. The summed E-state index contributed by atoms with van der Waals surface area (Å²) in [6, 6.07) is 7.83. The minimum atomic E-state index is -0.756. The zero-order valence-corrected chi connectivity index (χ0v) is 10.7. The lowest BCUT2D eigenvalue weighted by Gasteiger charge is -2.18. The lowest BCUT2D eigenvalue weighted by molar-refractivity contribution is -0.147. The first-order valence-electron chi connectivity index (χ1n) is 5.85. The Hall–Kier alpha value is -1.51. The molecule has 1 rings (SSSR count). The average molecular weight is 236 g/mol. The number of aryl methyl sites for hydroxylation is 1. The number of rotatable bonds is 6.